The highest BCUT2D eigenvalue weighted by molar-refractivity contribution is 5.93. The molecule has 18 heavy (non-hydrogen) atoms. The highest BCUT2D eigenvalue weighted by Gasteiger charge is 2.11. The van der Waals surface area contributed by atoms with Crippen molar-refractivity contribution in [1.82, 2.24) is 4.90 Å². The van der Waals surface area contributed by atoms with Gasteiger partial charge in [-0.15, -0.1) is 0 Å². The van der Waals surface area contributed by atoms with Crippen molar-refractivity contribution in [3.63, 3.8) is 0 Å². The normalized spacial score (nSPS) is 10.8. The molecule has 0 aliphatic rings. The van der Waals surface area contributed by atoms with Crippen LogP contribution in [0.1, 0.15) is 19.4 Å². The third-order valence-corrected chi connectivity index (χ3v) is 2.90. The molecule has 100 valence electrons. The number of hydrogen-bond donors (Lipinski definition) is 1. The zero-order valence-corrected chi connectivity index (χ0v) is 11.8. The first-order valence-electron chi connectivity index (χ1n) is 6.08. The molecule has 1 rings (SSSR count). The molecule has 4 nitrogen and oxygen atoms in total. The summed E-state index contributed by atoms with van der Waals surface area (Å²) in [6.45, 7) is 6.46. The van der Waals surface area contributed by atoms with E-state index in [0.29, 0.717) is 18.3 Å². The van der Waals surface area contributed by atoms with E-state index in [9.17, 15) is 4.79 Å². The summed E-state index contributed by atoms with van der Waals surface area (Å²) in [6, 6.07) is 6.06. The largest absolute Gasteiger partial charge is 0.495 e. The van der Waals surface area contributed by atoms with Crippen LogP contribution < -0.4 is 10.1 Å². The van der Waals surface area contributed by atoms with Crippen molar-refractivity contribution in [2.45, 2.75) is 26.8 Å². The SMILES string of the molecule is COc1ccc(C)cc1NC(=O)CN(C)C(C)C. The molecule has 0 radical (unpaired) electrons. The average molecular weight is 250 g/mol. The lowest BCUT2D eigenvalue weighted by molar-refractivity contribution is -0.117. The van der Waals surface area contributed by atoms with E-state index < -0.39 is 0 Å². The van der Waals surface area contributed by atoms with Gasteiger partial charge >= 0.3 is 0 Å². The molecule has 0 saturated heterocycles. The molecule has 0 bridgehead atoms. The van der Waals surface area contributed by atoms with E-state index in [2.05, 4.69) is 19.2 Å². The molecule has 0 unspecified atom stereocenters. The van der Waals surface area contributed by atoms with Crippen molar-refractivity contribution in [2.24, 2.45) is 0 Å². The molecule has 0 spiro atoms. The third kappa shape index (κ3) is 4.04. The fourth-order valence-corrected chi connectivity index (χ4v) is 1.52. The molecule has 4 heteroatoms. The van der Waals surface area contributed by atoms with E-state index in [0.717, 1.165) is 11.3 Å². The highest BCUT2D eigenvalue weighted by atomic mass is 16.5. The maximum Gasteiger partial charge on any atom is 0.238 e. The number of aryl methyl sites for hydroxylation is 1. The Balaban J connectivity index is 2.72. The van der Waals surface area contributed by atoms with Gasteiger partial charge in [-0.05, 0) is 45.5 Å². The molecular weight excluding hydrogens is 228 g/mol. The summed E-state index contributed by atoms with van der Waals surface area (Å²) >= 11 is 0. The van der Waals surface area contributed by atoms with Crippen molar-refractivity contribution in [1.29, 1.82) is 0 Å². The van der Waals surface area contributed by atoms with E-state index in [4.69, 9.17) is 4.74 Å². The van der Waals surface area contributed by atoms with Crippen LogP contribution in [0.4, 0.5) is 5.69 Å². The monoisotopic (exact) mass is 250 g/mol. The first-order valence-corrected chi connectivity index (χ1v) is 6.08. The number of amides is 1. The van der Waals surface area contributed by atoms with Crippen LogP contribution in [0, 0.1) is 6.92 Å². The fraction of sp³-hybridized carbons (Fsp3) is 0.500. The Hall–Kier alpha value is -1.55. The summed E-state index contributed by atoms with van der Waals surface area (Å²) in [7, 11) is 3.53. The molecule has 0 aromatic heterocycles. The summed E-state index contributed by atoms with van der Waals surface area (Å²) in [5, 5.41) is 2.88. The van der Waals surface area contributed by atoms with Crippen LogP contribution in [0.5, 0.6) is 5.75 Å². The van der Waals surface area contributed by atoms with Gasteiger partial charge in [0.2, 0.25) is 5.91 Å². The zero-order chi connectivity index (χ0) is 13.7. The Morgan fingerprint density at radius 1 is 1.44 bits per heavy atom. The summed E-state index contributed by atoms with van der Waals surface area (Å²) in [5.74, 6) is 0.649. The van der Waals surface area contributed by atoms with E-state index >= 15 is 0 Å². The van der Waals surface area contributed by atoms with E-state index in [-0.39, 0.29) is 5.91 Å². The topological polar surface area (TPSA) is 41.6 Å². The average Bonchev–Trinajstić information content (AvgIpc) is 2.28. The van der Waals surface area contributed by atoms with Crippen molar-refractivity contribution in [2.75, 3.05) is 26.0 Å². The Bertz CT molecular complexity index is 416. The van der Waals surface area contributed by atoms with Gasteiger partial charge in [0.25, 0.3) is 0 Å². The number of nitrogens with one attached hydrogen (secondary N) is 1. The number of rotatable bonds is 5. The number of likely N-dealkylation sites (N-methyl/N-ethyl adjacent to an activating group) is 1. The van der Waals surface area contributed by atoms with Crippen molar-refractivity contribution >= 4 is 11.6 Å². The maximum absolute atomic E-state index is 11.9. The summed E-state index contributed by atoms with van der Waals surface area (Å²) in [6.07, 6.45) is 0. The minimum absolute atomic E-state index is 0.0323. The molecule has 0 heterocycles. The van der Waals surface area contributed by atoms with Gasteiger partial charge in [0.15, 0.2) is 0 Å². The molecule has 0 atom stereocenters. The predicted molar refractivity (Wildman–Crippen MR) is 74.1 cm³/mol. The molecular formula is C14H22N2O2. The standard InChI is InChI=1S/C14H22N2O2/c1-10(2)16(4)9-14(17)15-12-8-11(3)6-7-13(12)18-5/h6-8,10H,9H2,1-5H3,(H,15,17). The molecule has 1 amide bonds. The van der Waals surface area contributed by atoms with Crippen LogP contribution in [0.25, 0.3) is 0 Å². The first-order chi connectivity index (χ1) is 8.43. The van der Waals surface area contributed by atoms with Gasteiger partial charge < -0.3 is 10.1 Å². The number of carbonyl (C=O) groups is 1. The second kappa shape index (κ2) is 6.40. The number of hydrogen-bond acceptors (Lipinski definition) is 3. The van der Waals surface area contributed by atoms with Gasteiger partial charge in [-0.25, -0.2) is 0 Å². The highest BCUT2D eigenvalue weighted by Crippen LogP contribution is 2.25. The molecule has 0 saturated carbocycles. The number of ether oxygens (including phenoxy) is 1. The molecule has 0 aliphatic heterocycles. The van der Waals surface area contributed by atoms with Crippen LogP contribution in [-0.2, 0) is 4.79 Å². The Labute approximate surface area is 109 Å². The quantitative estimate of drug-likeness (QED) is 0.871. The van der Waals surface area contributed by atoms with Crippen LogP contribution in [0.15, 0.2) is 18.2 Å². The first kappa shape index (κ1) is 14.5. The maximum atomic E-state index is 11.9. The minimum atomic E-state index is -0.0323. The lowest BCUT2D eigenvalue weighted by atomic mass is 10.2. The van der Waals surface area contributed by atoms with E-state index in [1.807, 2.05) is 37.1 Å². The predicted octanol–water partition coefficient (Wildman–Crippen LogP) is 2.28. The van der Waals surface area contributed by atoms with Crippen LogP contribution in [0.2, 0.25) is 0 Å². The second-order valence-electron chi connectivity index (χ2n) is 4.76. The van der Waals surface area contributed by atoms with Crippen LogP contribution >= 0.6 is 0 Å². The molecule has 0 fully saturated rings. The van der Waals surface area contributed by atoms with Gasteiger partial charge in [-0.1, -0.05) is 6.07 Å². The van der Waals surface area contributed by atoms with Crippen molar-refractivity contribution < 1.29 is 9.53 Å². The molecule has 1 aromatic carbocycles. The zero-order valence-electron chi connectivity index (χ0n) is 11.8. The van der Waals surface area contributed by atoms with Gasteiger partial charge in [0, 0.05) is 6.04 Å². The Morgan fingerprint density at radius 3 is 2.67 bits per heavy atom. The van der Waals surface area contributed by atoms with Crippen LogP contribution in [0.3, 0.4) is 0 Å². The number of methoxy groups -OCH3 is 1. The van der Waals surface area contributed by atoms with Gasteiger partial charge in [-0.3, -0.25) is 9.69 Å². The molecule has 0 aliphatic carbocycles. The molecule has 1 aromatic rings. The number of nitrogens with zero attached hydrogens (tertiary/aromatic N) is 1. The summed E-state index contributed by atoms with van der Waals surface area (Å²) in [5.41, 5.74) is 1.81. The smallest absolute Gasteiger partial charge is 0.238 e. The number of carbonyl (C=O) groups excluding carboxylic acids is 1. The summed E-state index contributed by atoms with van der Waals surface area (Å²) < 4.78 is 5.23. The van der Waals surface area contributed by atoms with Crippen LogP contribution in [-0.4, -0.2) is 37.6 Å². The van der Waals surface area contributed by atoms with Gasteiger partial charge in [0.05, 0.1) is 19.3 Å². The lowest BCUT2D eigenvalue weighted by Gasteiger charge is -2.20. The number of anilines is 1. The fourth-order valence-electron chi connectivity index (χ4n) is 1.52. The van der Waals surface area contributed by atoms with Crippen molar-refractivity contribution in [3.8, 4) is 5.75 Å². The Morgan fingerprint density at radius 2 is 2.11 bits per heavy atom. The van der Waals surface area contributed by atoms with E-state index in [1.165, 1.54) is 0 Å². The lowest BCUT2D eigenvalue weighted by Crippen LogP contribution is -2.34. The van der Waals surface area contributed by atoms with E-state index in [1.54, 1.807) is 7.11 Å². The van der Waals surface area contributed by atoms with Gasteiger partial charge in [0.1, 0.15) is 5.75 Å². The minimum Gasteiger partial charge on any atom is -0.495 e. The molecule has 1 N–H and O–H groups in total. The van der Waals surface area contributed by atoms with Gasteiger partial charge in [-0.2, -0.15) is 0 Å². The second-order valence-corrected chi connectivity index (χ2v) is 4.76. The Kier molecular flexibility index (Phi) is 5.16. The third-order valence-electron chi connectivity index (χ3n) is 2.90. The summed E-state index contributed by atoms with van der Waals surface area (Å²) in [4.78, 5) is 13.9. The van der Waals surface area contributed by atoms with Crippen molar-refractivity contribution in [3.05, 3.63) is 23.8 Å². The number of benzene rings is 1.